The number of carbonyl (C=O) groups excluding carboxylic acids is 1. The van der Waals surface area contributed by atoms with Crippen molar-refractivity contribution in [3.63, 3.8) is 0 Å². The van der Waals surface area contributed by atoms with Gasteiger partial charge in [-0.3, -0.25) is 4.79 Å². The van der Waals surface area contributed by atoms with E-state index in [1.54, 1.807) is 11.1 Å². The zero-order chi connectivity index (χ0) is 16.9. The number of hydrogen-bond donors (Lipinski definition) is 0. The number of aromatic nitrogens is 2. The molecule has 24 heavy (non-hydrogen) atoms. The van der Waals surface area contributed by atoms with Crippen molar-refractivity contribution in [2.24, 2.45) is 0 Å². The molecule has 122 valence electrons. The van der Waals surface area contributed by atoms with Crippen LogP contribution >= 0.6 is 0 Å². The Morgan fingerprint density at radius 2 is 1.79 bits per heavy atom. The third-order valence-corrected chi connectivity index (χ3v) is 4.17. The Bertz CT molecular complexity index is 780. The lowest BCUT2D eigenvalue weighted by Gasteiger charge is -2.22. The summed E-state index contributed by atoms with van der Waals surface area (Å²) < 4.78 is 1.82. The lowest BCUT2D eigenvalue weighted by Crippen LogP contribution is -2.30. The van der Waals surface area contributed by atoms with Gasteiger partial charge in [0.05, 0.1) is 11.6 Å². The molecule has 0 saturated heterocycles. The number of nitrogens with zero attached hydrogens (tertiary/aromatic N) is 3. The van der Waals surface area contributed by atoms with E-state index in [1.165, 1.54) is 0 Å². The SMILES string of the molecule is CC(C(=O)N(C)Cc1ccc(-n2cccn2)cc1)c1ccccc1. The smallest absolute Gasteiger partial charge is 0.229 e. The molecule has 0 bridgehead atoms. The van der Waals surface area contributed by atoms with Crippen LogP contribution < -0.4 is 0 Å². The third-order valence-electron chi connectivity index (χ3n) is 4.17. The molecule has 0 N–H and O–H groups in total. The van der Waals surface area contributed by atoms with Crippen LogP contribution in [0.3, 0.4) is 0 Å². The molecule has 0 aliphatic rings. The van der Waals surface area contributed by atoms with E-state index >= 15 is 0 Å². The normalized spacial score (nSPS) is 11.9. The van der Waals surface area contributed by atoms with Crippen molar-refractivity contribution in [3.05, 3.63) is 84.2 Å². The van der Waals surface area contributed by atoms with E-state index in [0.29, 0.717) is 6.54 Å². The highest BCUT2D eigenvalue weighted by Gasteiger charge is 2.19. The van der Waals surface area contributed by atoms with Gasteiger partial charge in [-0.1, -0.05) is 42.5 Å². The molecule has 1 amide bonds. The average molecular weight is 319 g/mol. The van der Waals surface area contributed by atoms with Crippen molar-refractivity contribution < 1.29 is 4.79 Å². The van der Waals surface area contributed by atoms with E-state index in [4.69, 9.17) is 0 Å². The van der Waals surface area contributed by atoms with Crippen molar-refractivity contribution in [1.29, 1.82) is 0 Å². The fraction of sp³-hybridized carbons (Fsp3) is 0.200. The van der Waals surface area contributed by atoms with Crippen molar-refractivity contribution in [3.8, 4) is 5.69 Å². The van der Waals surface area contributed by atoms with Gasteiger partial charge < -0.3 is 4.90 Å². The Hall–Kier alpha value is -2.88. The standard InChI is InChI=1S/C20H21N3O/c1-16(18-7-4-3-5-8-18)20(24)22(2)15-17-9-11-19(12-10-17)23-14-6-13-21-23/h3-14,16H,15H2,1-2H3. The number of carbonyl (C=O) groups is 1. The Morgan fingerprint density at radius 3 is 2.42 bits per heavy atom. The summed E-state index contributed by atoms with van der Waals surface area (Å²) in [6, 6.07) is 19.9. The molecular weight excluding hydrogens is 298 g/mol. The van der Waals surface area contributed by atoms with Crippen molar-refractivity contribution in [2.45, 2.75) is 19.4 Å². The van der Waals surface area contributed by atoms with Gasteiger partial charge in [0.15, 0.2) is 0 Å². The van der Waals surface area contributed by atoms with Gasteiger partial charge in [0, 0.05) is 26.0 Å². The van der Waals surface area contributed by atoms with Crippen LogP contribution in [-0.4, -0.2) is 27.6 Å². The van der Waals surface area contributed by atoms with E-state index in [1.807, 2.05) is 85.5 Å². The second-order valence-corrected chi connectivity index (χ2v) is 5.94. The van der Waals surface area contributed by atoms with Crippen LogP contribution in [0, 0.1) is 0 Å². The molecule has 3 rings (SSSR count). The van der Waals surface area contributed by atoms with Crippen molar-refractivity contribution in [2.75, 3.05) is 7.05 Å². The van der Waals surface area contributed by atoms with Crippen molar-refractivity contribution >= 4 is 5.91 Å². The van der Waals surface area contributed by atoms with Gasteiger partial charge in [0.1, 0.15) is 0 Å². The summed E-state index contributed by atoms with van der Waals surface area (Å²) >= 11 is 0. The lowest BCUT2D eigenvalue weighted by atomic mass is 10.00. The molecule has 4 heteroatoms. The van der Waals surface area contributed by atoms with Crippen LogP contribution in [0.1, 0.15) is 24.0 Å². The molecule has 0 aliphatic carbocycles. The first-order valence-corrected chi connectivity index (χ1v) is 8.04. The predicted octanol–water partition coefficient (Wildman–Crippen LogP) is 3.63. The highest BCUT2D eigenvalue weighted by Crippen LogP contribution is 2.18. The minimum atomic E-state index is -0.139. The van der Waals surface area contributed by atoms with Crippen LogP contribution in [0.4, 0.5) is 0 Å². The summed E-state index contributed by atoms with van der Waals surface area (Å²) in [5, 5.41) is 4.21. The molecule has 1 unspecified atom stereocenters. The van der Waals surface area contributed by atoms with Crippen molar-refractivity contribution in [1.82, 2.24) is 14.7 Å². The zero-order valence-corrected chi connectivity index (χ0v) is 14.0. The fourth-order valence-electron chi connectivity index (χ4n) is 2.74. The number of likely N-dealkylation sites (N-methyl/N-ethyl adjacent to an activating group) is 1. The van der Waals surface area contributed by atoms with Crippen LogP contribution in [-0.2, 0) is 11.3 Å². The van der Waals surface area contributed by atoms with Gasteiger partial charge in [-0.15, -0.1) is 0 Å². The minimum Gasteiger partial charge on any atom is -0.341 e. The second kappa shape index (κ2) is 7.13. The van der Waals surface area contributed by atoms with E-state index in [0.717, 1.165) is 16.8 Å². The van der Waals surface area contributed by atoms with Gasteiger partial charge in [-0.2, -0.15) is 5.10 Å². The number of benzene rings is 2. The van der Waals surface area contributed by atoms with E-state index in [-0.39, 0.29) is 11.8 Å². The Balaban J connectivity index is 1.66. The summed E-state index contributed by atoms with van der Waals surface area (Å²) in [4.78, 5) is 14.4. The molecule has 0 saturated carbocycles. The van der Waals surface area contributed by atoms with Gasteiger partial charge in [-0.25, -0.2) is 4.68 Å². The highest BCUT2D eigenvalue weighted by molar-refractivity contribution is 5.83. The molecule has 0 spiro atoms. The first-order valence-electron chi connectivity index (χ1n) is 8.04. The minimum absolute atomic E-state index is 0.123. The number of rotatable bonds is 5. The fourth-order valence-corrected chi connectivity index (χ4v) is 2.74. The first-order chi connectivity index (χ1) is 11.6. The molecule has 0 radical (unpaired) electrons. The largest absolute Gasteiger partial charge is 0.341 e. The molecule has 1 atom stereocenters. The monoisotopic (exact) mass is 319 g/mol. The maximum Gasteiger partial charge on any atom is 0.229 e. The van der Waals surface area contributed by atoms with Gasteiger partial charge in [0.25, 0.3) is 0 Å². The summed E-state index contributed by atoms with van der Waals surface area (Å²) in [5.41, 5.74) is 3.15. The molecular formula is C20H21N3O. The Morgan fingerprint density at radius 1 is 1.08 bits per heavy atom. The quantitative estimate of drug-likeness (QED) is 0.720. The highest BCUT2D eigenvalue weighted by atomic mass is 16.2. The zero-order valence-electron chi connectivity index (χ0n) is 14.0. The number of hydrogen-bond acceptors (Lipinski definition) is 2. The summed E-state index contributed by atoms with van der Waals surface area (Å²) in [6.45, 7) is 2.55. The Kier molecular flexibility index (Phi) is 4.75. The van der Waals surface area contributed by atoms with E-state index in [9.17, 15) is 4.79 Å². The van der Waals surface area contributed by atoms with Crippen LogP contribution in [0.2, 0.25) is 0 Å². The number of amides is 1. The summed E-state index contributed by atoms with van der Waals surface area (Å²) in [7, 11) is 1.85. The van der Waals surface area contributed by atoms with Crippen LogP contribution in [0.5, 0.6) is 0 Å². The van der Waals surface area contributed by atoms with Crippen LogP contribution in [0.15, 0.2) is 73.1 Å². The maximum atomic E-state index is 12.6. The van der Waals surface area contributed by atoms with Gasteiger partial charge in [0.2, 0.25) is 5.91 Å². The molecule has 0 aliphatic heterocycles. The van der Waals surface area contributed by atoms with Gasteiger partial charge in [-0.05, 0) is 36.2 Å². The molecule has 3 aromatic rings. The third kappa shape index (κ3) is 3.54. The van der Waals surface area contributed by atoms with Gasteiger partial charge >= 0.3 is 0 Å². The lowest BCUT2D eigenvalue weighted by molar-refractivity contribution is -0.131. The summed E-state index contributed by atoms with van der Waals surface area (Å²) in [6.07, 6.45) is 3.66. The molecule has 2 aromatic carbocycles. The topological polar surface area (TPSA) is 38.1 Å². The average Bonchev–Trinajstić information content (AvgIpc) is 3.16. The van der Waals surface area contributed by atoms with E-state index in [2.05, 4.69) is 5.10 Å². The molecule has 0 fully saturated rings. The maximum absolute atomic E-state index is 12.6. The Labute approximate surface area is 142 Å². The van der Waals surface area contributed by atoms with E-state index < -0.39 is 0 Å². The second-order valence-electron chi connectivity index (χ2n) is 5.94. The predicted molar refractivity (Wildman–Crippen MR) is 94.9 cm³/mol. The van der Waals surface area contributed by atoms with Crippen LogP contribution in [0.25, 0.3) is 5.69 Å². The molecule has 1 heterocycles. The molecule has 1 aromatic heterocycles. The first kappa shape index (κ1) is 16.0. The summed E-state index contributed by atoms with van der Waals surface area (Å²) in [5.74, 6) is -0.0168. The molecule has 4 nitrogen and oxygen atoms in total.